The van der Waals surface area contributed by atoms with Gasteiger partial charge < -0.3 is 14.3 Å². The zero-order valence-corrected chi connectivity index (χ0v) is 17.2. The number of aryl methyl sites for hydroxylation is 4. The number of carbonyl (C=O) groups is 1. The Bertz CT molecular complexity index is 973. The fourth-order valence-electron chi connectivity index (χ4n) is 3.25. The van der Waals surface area contributed by atoms with Crippen LogP contribution in [0.3, 0.4) is 0 Å². The van der Waals surface area contributed by atoms with Crippen LogP contribution in [0.1, 0.15) is 41.5 Å². The normalized spacial score (nSPS) is 10.9. The van der Waals surface area contributed by atoms with Crippen LogP contribution in [0.5, 0.6) is 5.75 Å². The maximum atomic E-state index is 10.8. The lowest BCUT2D eigenvalue weighted by molar-refractivity contribution is -0.136. The third-order valence-corrected chi connectivity index (χ3v) is 4.97. The van der Waals surface area contributed by atoms with Crippen molar-refractivity contribution in [3.8, 4) is 17.2 Å². The number of ether oxygens (including phenoxy) is 1. The molecule has 0 fully saturated rings. The third-order valence-electron chi connectivity index (χ3n) is 4.97. The molecule has 1 heterocycles. The van der Waals surface area contributed by atoms with Crippen molar-refractivity contribution in [1.82, 2.24) is 4.98 Å². The molecule has 5 heteroatoms. The van der Waals surface area contributed by atoms with Crippen molar-refractivity contribution in [2.45, 2.75) is 46.5 Å². The standard InChI is InChI=1S/C24H27NO4/c1-4-18-15-21(11-9-19(18)10-12-23(26)27)28-14-13-22-17(3)29-24(25-22)20-7-5-16(2)6-8-20/h5-9,11,15H,4,10,12-14H2,1-3H3,(H,26,27). The SMILES string of the molecule is CCc1cc(OCCc2nc(-c3ccc(C)cc3)oc2C)ccc1CCC(=O)O. The van der Waals surface area contributed by atoms with Gasteiger partial charge in [-0.1, -0.05) is 30.7 Å². The largest absolute Gasteiger partial charge is 0.493 e. The molecule has 0 unspecified atom stereocenters. The molecule has 2 aromatic carbocycles. The zero-order chi connectivity index (χ0) is 20.8. The number of hydrogen-bond acceptors (Lipinski definition) is 4. The third kappa shape index (κ3) is 5.47. The van der Waals surface area contributed by atoms with Crippen molar-refractivity contribution >= 4 is 5.97 Å². The van der Waals surface area contributed by atoms with E-state index >= 15 is 0 Å². The molecule has 0 bridgehead atoms. The molecule has 1 aromatic heterocycles. The number of aliphatic carboxylic acids is 1. The van der Waals surface area contributed by atoms with Crippen LogP contribution in [0.15, 0.2) is 46.9 Å². The van der Waals surface area contributed by atoms with Gasteiger partial charge in [-0.05, 0) is 62.1 Å². The molecule has 3 aromatic rings. The molecule has 152 valence electrons. The van der Waals surface area contributed by atoms with Gasteiger partial charge in [-0.2, -0.15) is 0 Å². The summed E-state index contributed by atoms with van der Waals surface area (Å²) in [5.74, 6) is 1.46. The highest BCUT2D eigenvalue weighted by Crippen LogP contribution is 2.23. The van der Waals surface area contributed by atoms with Crippen molar-refractivity contribution < 1.29 is 19.1 Å². The van der Waals surface area contributed by atoms with Gasteiger partial charge in [0.25, 0.3) is 0 Å². The van der Waals surface area contributed by atoms with Crippen molar-refractivity contribution in [2.24, 2.45) is 0 Å². The average Bonchev–Trinajstić information content (AvgIpc) is 3.07. The minimum Gasteiger partial charge on any atom is -0.493 e. The summed E-state index contributed by atoms with van der Waals surface area (Å²) in [4.78, 5) is 15.4. The summed E-state index contributed by atoms with van der Waals surface area (Å²) in [5, 5.41) is 8.89. The van der Waals surface area contributed by atoms with E-state index in [1.807, 2.05) is 49.4 Å². The van der Waals surface area contributed by atoms with Gasteiger partial charge in [-0.3, -0.25) is 4.79 Å². The predicted molar refractivity (Wildman–Crippen MR) is 112 cm³/mol. The number of carboxylic acid groups (broad SMARTS) is 1. The summed E-state index contributed by atoms with van der Waals surface area (Å²) < 4.78 is 11.7. The Hall–Kier alpha value is -3.08. The maximum Gasteiger partial charge on any atom is 0.303 e. The summed E-state index contributed by atoms with van der Waals surface area (Å²) in [5.41, 5.74) is 5.26. The second kappa shape index (κ2) is 9.41. The van der Waals surface area contributed by atoms with E-state index in [2.05, 4.69) is 18.8 Å². The molecule has 0 radical (unpaired) electrons. The molecule has 29 heavy (non-hydrogen) atoms. The number of oxazole rings is 1. The highest BCUT2D eigenvalue weighted by molar-refractivity contribution is 5.67. The Morgan fingerprint density at radius 3 is 2.52 bits per heavy atom. The summed E-state index contributed by atoms with van der Waals surface area (Å²) in [7, 11) is 0. The Morgan fingerprint density at radius 2 is 1.83 bits per heavy atom. The Labute approximate surface area is 171 Å². The van der Waals surface area contributed by atoms with E-state index in [0.717, 1.165) is 40.3 Å². The summed E-state index contributed by atoms with van der Waals surface area (Å²) in [6.45, 7) is 6.54. The first-order valence-corrected chi connectivity index (χ1v) is 9.96. The molecule has 0 spiro atoms. The van der Waals surface area contributed by atoms with E-state index in [1.165, 1.54) is 5.56 Å². The van der Waals surface area contributed by atoms with Gasteiger partial charge in [0.05, 0.1) is 12.3 Å². The first kappa shape index (κ1) is 20.6. The van der Waals surface area contributed by atoms with Gasteiger partial charge in [0.2, 0.25) is 5.89 Å². The van der Waals surface area contributed by atoms with Crippen LogP contribution in [0.4, 0.5) is 0 Å². The van der Waals surface area contributed by atoms with E-state index in [1.54, 1.807) is 0 Å². The Kier molecular flexibility index (Phi) is 6.70. The van der Waals surface area contributed by atoms with Crippen LogP contribution < -0.4 is 4.74 Å². The first-order valence-electron chi connectivity index (χ1n) is 9.96. The molecule has 0 aliphatic carbocycles. The summed E-state index contributed by atoms with van der Waals surface area (Å²) in [6.07, 6.45) is 2.18. The van der Waals surface area contributed by atoms with Crippen LogP contribution >= 0.6 is 0 Å². The van der Waals surface area contributed by atoms with E-state index in [0.29, 0.717) is 25.3 Å². The van der Waals surface area contributed by atoms with E-state index in [9.17, 15) is 4.79 Å². The van der Waals surface area contributed by atoms with E-state index in [-0.39, 0.29) is 6.42 Å². The molecule has 0 aliphatic rings. The van der Waals surface area contributed by atoms with Crippen LogP contribution in [-0.4, -0.2) is 22.7 Å². The number of rotatable bonds is 9. The number of nitrogens with zero attached hydrogens (tertiary/aromatic N) is 1. The van der Waals surface area contributed by atoms with Crippen LogP contribution in [0.2, 0.25) is 0 Å². The molecular formula is C24H27NO4. The van der Waals surface area contributed by atoms with E-state index in [4.69, 9.17) is 14.3 Å². The topological polar surface area (TPSA) is 72.6 Å². The molecule has 0 saturated carbocycles. The molecule has 0 amide bonds. The van der Waals surface area contributed by atoms with Gasteiger partial charge in [0.1, 0.15) is 11.5 Å². The molecule has 0 atom stereocenters. The average molecular weight is 393 g/mol. The lowest BCUT2D eigenvalue weighted by Gasteiger charge is -2.11. The van der Waals surface area contributed by atoms with Crippen molar-refractivity contribution in [3.63, 3.8) is 0 Å². The molecule has 1 N–H and O–H groups in total. The summed E-state index contributed by atoms with van der Waals surface area (Å²) in [6, 6.07) is 14.0. The smallest absolute Gasteiger partial charge is 0.303 e. The van der Waals surface area contributed by atoms with Gasteiger partial charge in [-0.25, -0.2) is 4.98 Å². The Morgan fingerprint density at radius 1 is 1.07 bits per heavy atom. The fraction of sp³-hybridized carbons (Fsp3) is 0.333. The minimum atomic E-state index is -0.777. The van der Waals surface area contributed by atoms with Crippen LogP contribution in [0, 0.1) is 13.8 Å². The van der Waals surface area contributed by atoms with Crippen molar-refractivity contribution in [1.29, 1.82) is 0 Å². The van der Waals surface area contributed by atoms with Crippen LogP contribution in [-0.2, 0) is 24.1 Å². The number of aromatic nitrogens is 1. The predicted octanol–water partition coefficient (Wildman–Crippen LogP) is 5.16. The monoisotopic (exact) mass is 393 g/mol. The molecule has 3 rings (SSSR count). The molecule has 0 saturated heterocycles. The van der Waals surface area contributed by atoms with Crippen molar-refractivity contribution in [2.75, 3.05) is 6.61 Å². The summed E-state index contributed by atoms with van der Waals surface area (Å²) >= 11 is 0. The number of hydrogen-bond donors (Lipinski definition) is 1. The second-order valence-electron chi connectivity index (χ2n) is 7.16. The first-order chi connectivity index (χ1) is 14.0. The second-order valence-corrected chi connectivity index (χ2v) is 7.16. The van der Waals surface area contributed by atoms with Gasteiger partial charge in [0, 0.05) is 18.4 Å². The van der Waals surface area contributed by atoms with Crippen LogP contribution in [0.25, 0.3) is 11.5 Å². The quantitative estimate of drug-likeness (QED) is 0.544. The molecule has 0 aliphatic heterocycles. The Balaban J connectivity index is 1.61. The van der Waals surface area contributed by atoms with Gasteiger partial charge >= 0.3 is 5.97 Å². The highest BCUT2D eigenvalue weighted by Gasteiger charge is 2.12. The van der Waals surface area contributed by atoms with Crippen molar-refractivity contribution in [3.05, 3.63) is 70.6 Å². The zero-order valence-electron chi connectivity index (χ0n) is 17.2. The van der Waals surface area contributed by atoms with Gasteiger partial charge in [0.15, 0.2) is 0 Å². The highest BCUT2D eigenvalue weighted by atomic mass is 16.5. The maximum absolute atomic E-state index is 10.8. The number of benzene rings is 2. The lowest BCUT2D eigenvalue weighted by atomic mass is 10.0. The van der Waals surface area contributed by atoms with Gasteiger partial charge in [-0.15, -0.1) is 0 Å². The lowest BCUT2D eigenvalue weighted by Crippen LogP contribution is -2.04. The van der Waals surface area contributed by atoms with E-state index < -0.39 is 5.97 Å². The minimum absolute atomic E-state index is 0.141. The molecule has 5 nitrogen and oxygen atoms in total. The fourth-order valence-corrected chi connectivity index (χ4v) is 3.25. The molecular weight excluding hydrogens is 366 g/mol. The number of carboxylic acids is 1.